The molecule has 0 aliphatic carbocycles. The van der Waals surface area contributed by atoms with Crippen LogP contribution in [0.4, 0.5) is 0 Å². The van der Waals surface area contributed by atoms with E-state index in [1.54, 1.807) is 32.1 Å². The summed E-state index contributed by atoms with van der Waals surface area (Å²) in [4.78, 5) is 27.3. The van der Waals surface area contributed by atoms with E-state index in [1.165, 1.54) is 7.11 Å². The minimum Gasteiger partial charge on any atom is -0.495 e. The van der Waals surface area contributed by atoms with Crippen molar-refractivity contribution in [2.24, 2.45) is 0 Å². The lowest BCUT2D eigenvalue weighted by Gasteiger charge is -2.16. The van der Waals surface area contributed by atoms with Crippen molar-refractivity contribution < 1.29 is 23.8 Å². The molecule has 0 radical (unpaired) electrons. The molecule has 0 saturated carbocycles. The smallest absolute Gasteiger partial charge is 0.340 e. The normalized spacial score (nSPS) is 15.2. The first-order valence-corrected chi connectivity index (χ1v) is 10.4. The summed E-state index contributed by atoms with van der Waals surface area (Å²) in [6.45, 7) is 8.49. The molecule has 0 N–H and O–H groups in total. The van der Waals surface area contributed by atoms with Crippen LogP contribution < -0.4 is 4.74 Å². The van der Waals surface area contributed by atoms with Crippen molar-refractivity contribution >= 4 is 18.0 Å². The van der Waals surface area contributed by atoms with Gasteiger partial charge in [-0.05, 0) is 63.1 Å². The van der Waals surface area contributed by atoms with Crippen molar-refractivity contribution in [3.8, 4) is 11.4 Å². The molecule has 0 fully saturated rings. The molecule has 0 bridgehead atoms. The molecule has 7 nitrogen and oxygen atoms in total. The van der Waals surface area contributed by atoms with Crippen molar-refractivity contribution in [3.05, 3.63) is 63.6 Å². The van der Waals surface area contributed by atoms with Gasteiger partial charge in [0.25, 0.3) is 5.91 Å². The lowest BCUT2D eigenvalue weighted by Crippen LogP contribution is -2.28. The number of methoxy groups -OCH3 is 3. The first-order chi connectivity index (χ1) is 15.2. The number of aryl methyl sites for hydroxylation is 2. The first kappa shape index (κ1) is 23.3. The molecule has 0 atom stereocenters. The molecule has 2 heterocycles. The molecule has 1 amide bonds. The van der Waals surface area contributed by atoms with E-state index < -0.39 is 5.97 Å². The lowest BCUT2D eigenvalue weighted by atomic mass is 10.0. The Labute approximate surface area is 188 Å². The number of carbonyl (C=O) groups is 2. The number of hydrogen-bond donors (Lipinski definition) is 0. The van der Waals surface area contributed by atoms with Crippen LogP contribution in [-0.4, -0.2) is 55.8 Å². The van der Waals surface area contributed by atoms with Gasteiger partial charge in [-0.15, -0.1) is 0 Å². The lowest BCUT2D eigenvalue weighted by molar-refractivity contribution is -0.136. The summed E-state index contributed by atoms with van der Waals surface area (Å²) in [7, 11) is 4.54. The van der Waals surface area contributed by atoms with Crippen LogP contribution in [-0.2, 0) is 19.1 Å². The van der Waals surface area contributed by atoms with Crippen LogP contribution in [0.15, 0.2) is 41.1 Å². The van der Waals surface area contributed by atoms with E-state index in [9.17, 15) is 9.59 Å². The van der Waals surface area contributed by atoms with Crippen molar-refractivity contribution in [3.63, 3.8) is 0 Å². The summed E-state index contributed by atoms with van der Waals surface area (Å²) >= 11 is 0. The van der Waals surface area contributed by atoms with Gasteiger partial charge in [0.1, 0.15) is 5.75 Å². The third kappa shape index (κ3) is 4.08. The Morgan fingerprint density at radius 2 is 1.78 bits per heavy atom. The average molecular weight is 439 g/mol. The number of benzene rings is 1. The standard InChI is InChI=1S/C25H30N2O5/c1-15-8-9-22(31-6)21(12-15)27-16(2)13-19(17(27)3)14-20-23(25(29)32-7)18(4)26(24(20)28)10-11-30-5/h8-9,12-14H,10-11H2,1-7H3/b20-14-. The summed E-state index contributed by atoms with van der Waals surface area (Å²) in [5.74, 6) is -0.0145. The molecule has 1 aromatic carbocycles. The van der Waals surface area contributed by atoms with E-state index in [1.807, 2.05) is 39.0 Å². The molecular weight excluding hydrogens is 408 g/mol. The van der Waals surface area contributed by atoms with Gasteiger partial charge in [-0.1, -0.05) is 6.07 Å². The monoisotopic (exact) mass is 438 g/mol. The summed E-state index contributed by atoms with van der Waals surface area (Å²) in [6.07, 6.45) is 1.77. The molecule has 2 aromatic rings. The van der Waals surface area contributed by atoms with Gasteiger partial charge in [0.15, 0.2) is 0 Å². The largest absolute Gasteiger partial charge is 0.495 e. The highest BCUT2D eigenvalue weighted by Gasteiger charge is 2.37. The Morgan fingerprint density at radius 1 is 1.06 bits per heavy atom. The molecule has 3 rings (SSSR count). The Morgan fingerprint density at radius 3 is 2.41 bits per heavy atom. The van der Waals surface area contributed by atoms with Gasteiger partial charge >= 0.3 is 5.97 Å². The van der Waals surface area contributed by atoms with Gasteiger partial charge in [0.05, 0.1) is 37.7 Å². The molecule has 1 aliphatic heterocycles. The van der Waals surface area contributed by atoms with Gasteiger partial charge in [-0.2, -0.15) is 0 Å². The van der Waals surface area contributed by atoms with Gasteiger partial charge in [0, 0.05) is 30.7 Å². The molecule has 32 heavy (non-hydrogen) atoms. The highest BCUT2D eigenvalue weighted by Crippen LogP contribution is 2.34. The molecule has 7 heteroatoms. The van der Waals surface area contributed by atoms with Crippen LogP contribution in [0.1, 0.15) is 29.4 Å². The van der Waals surface area contributed by atoms with Crippen LogP contribution in [0, 0.1) is 20.8 Å². The predicted octanol–water partition coefficient (Wildman–Crippen LogP) is 3.73. The maximum absolute atomic E-state index is 13.2. The fourth-order valence-corrected chi connectivity index (χ4v) is 4.11. The predicted molar refractivity (Wildman–Crippen MR) is 123 cm³/mol. The third-order valence-corrected chi connectivity index (χ3v) is 5.77. The number of carbonyl (C=O) groups excluding carboxylic acids is 2. The second-order valence-corrected chi connectivity index (χ2v) is 7.80. The van der Waals surface area contributed by atoms with Crippen LogP contribution in [0.5, 0.6) is 5.75 Å². The summed E-state index contributed by atoms with van der Waals surface area (Å²) in [5.41, 5.74) is 5.97. The minimum absolute atomic E-state index is 0.238. The number of aromatic nitrogens is 1. The fourth-order valence-electron chi connectivity index (χ4n) is 4.11. The summed E-state index contributed by atoms with van der Waals surface area (Å²) in [6, 6.07) is 8.00. The number of rotatable bonds is 7. The minimum atomic E-state index is -0.531. The van der Waals surface area contributed by atoms with E-state index in [4.69, 9.17) is 14.2 Å². The van der Waals surface area contributed by atoms with Crippen LogP contribution in [0.3, 0.4) is 0 Å². The van der Waals surface area contributed by atoms with Crippen LogP contribution >= 0.6 is 0 Å². The number of hydrogen-bond acceptors (Lipinski definition) is 5. The van der Waals surface area contributed by atoms with E-state index in [2.05, 4.69) is 10.6 Å². The molecule has 170 valence electrons. The number of allylic oxidation sites excluding steroid dienone is 1. The fraction of sp³-hybridized carbons (Fsp3) is 0.360. The Bertz CT molecular complexity index is 1120. The molecule has 0 unspecified atom stereocenters. The summed E-state index contributed by atoms with van der Waals surface area (Å²) < 4.78 is 17.8. The van der Waals surface area contributed by atoms with Gasteiger partial charge in [-0.25, -0.2) is 4.79 Å². The number of amides is 1. The zero-order valence-corrected chi connectivity index (χ0v) is 19.7. The molecular formula is C25H30N2O5. The van der Waals surface area contributed by atoms with Gasteiger partial charge < -0.3 is 23.7 Å². The molecule has 1 aliphatic rings. The van der Waals surface area contributed by atoms with Crippen molar-refractivity contribution in [1.29, 1.82) is 0 Å². The maximum Gasteiger partial charge on any atom is 0.340 e. The van der Waals surface area contributed by atoms with Crippen molar-refractivity contribution in [2.75, 3.05) is 34.5 Å². The topological polar surface area (TPSA) is 70.0 Å². The SMILES string of the molecule is COCCN1C(=O)/C(=C\c2cc(C)n(-c3cc(C)ccc3OC)c2C)C(C(=O)OC)=C1C. The van der Waals surface area contributed by atoms with Crippen LogP contribution in [0.2, 0.25) is 0 Å². The van der Waals surface area contributed by atoms with E-state index in [0.717, 1.165) is 34.0 Å². The quantitative estimate of drug-likeness (QED) is 0.487. The Hall–Kier alpha value is -3.32. The number of ether oxygens (including phenoxy) is 3. The second-order valence-electron chi connectivity index (χ2n) is 7.80. The van der Waals surface area contributed by atoms with Crippen molar-refractivity contribution in [1.82, 2.24) is 9.47 Å². The van der Waals surface area contributed by atoms with Crippen LogP contribution in [0.25, 0.3) is 11.8 Å². The maximum atomic E-state index is 13.2. The van der Waals surface area contributed by atoms with E-state index in [-0.39, 0.29) is 11.5 Å². The van der Waals surface area contributed by atoms with Crippen molar-refractivity contribution in [2.45, 2.75) is 27.7 Å². The second kappa shape index (κ2) is 9.44. The highest BCUT2D eigenvalue weighted by molar-refractivity contribution is 6.16. The van der Waals surface area contributed by atoms with Gasteiger partial charge in [0.2, 0.25) is 0 Å². The highest BCUT2D eigenvalue weighted by atomic mass is 16.5. The molecule has 1 aromatic heterocycles. The van der Waals surface area contributed by atoms with E-state index >= 15 is 0 Å². The zero-order valence-electron chi connectivity index (χ0n) is 19.7. The Kier molecular flexibility index (Phi) is 6.89. The first-order valence-electron chi connectivity index (χ1n) is 10.4. The zero-order chi connectivity index (χ0) is 23.6. The average Bonchev–Trinajstić information content (AvgIpc) is 3.17. The molecule has 0 saturated heterocycles. The number of esters is 1. The number of nitrogens with zero attached hydrogens (tertiary/aromatic N) is 2. The summed E-state index contributed by atoms with van der Waals surface area (Å²) in [5, 5.41) is 0. The van der Waals surface area contributed by atoms with Gasteiger partial charge in [-0.3, -0.25) is 4.79 Å². The molecule has 0 spiro atoms. The van der Waals surface area contributed by atoms with E-state index in [0.29, 0.717) is 24.4 Å². The Balaban J connectivity index is 2.14. The third-order valence-electron chi connectivity index (χ3n) is 5.77.